The molecule has 0 unspecified atom stereocenters. The number of rotatable bonds is 7. The second-order valence-electron chi connectivity index (χ2n) is 8.54. The van der Waals surface area contributed by atoms with Gasteiger partial charge in [0, 0.05) is 38.3 Å². The Morgan fingerprint density at radius 3 is 2.15 bits per heavy atom. The first-order chi connectivity index (χ1) is 16.7. The fourth-order valence-electron chi connectivity index (χ4n) is 4.50. The summed E-state index contributed by atoms with van der Waals surface area (Å²) in [5.74, 6) is -0.000206. The lowest BCUT2D eigenvalue weighted by Gasteiger charge is -2.39. The molecule has 8 heteroatoms. The lowest BCUT2D eigenvalue weighted by Crippen LogP contribution is -2.48. The molecule has 1 atom stereocenters. The van der Waals surface area contributed by atoms with E-state index in [1.54, 1.807) is 28.9 Å². The van der Waals surface area contributed by atoms with E-state index in [0.717, 1.165) is 38.3 Å². The van der Waals surface area contributed by atoms with Gasteiger partial charge >= 0.3 is 0 Å². The average Bonchev–Trinajstić information content (AvgIpc) is 3.31. The molecule has 34 heavy (non-hydrogen) atoms. The van der Waals surface area contributed by atoms with E-state index in [4.69, 9.17) is 0 Å². The highest BCUT2D eigenvalue weighted by molar-refractivity contribution is 5.27. The summed E-state index contributed by atoms with van der Waals surface area (Å²) in [5, 5.41) is 12.4. The van der Waals surface area contributed by atoms with Crippen LogP contribution in [0, 0.1) is 11.6 Å². The summed E-state index contributed by atoms with van der Waals surface area (Å²) in [5.41, 5.74) is 2.70. The summed E-state index contributed by atoms with van der Waals surface area (Å²) in [7, 11) is 0. The normalized spacial score (nSPS) is 15.9. The summed E-state index contributed by atoms with van der Waals surface area (Å²) in [6.45, 7) is 4.51. The second-order valence-corrected chi connectivity index (χ2v) is 8.54. The lowest BCUT2D eigenvalue weighted by molar-refractivity contribution is 0.0990. The van der Waals surface area contributed by atoms with Gasteiger partial charge in [0.05, 0.1) is 6.54 Å². The zero-order valence-corrected chi connectivity index (χ0v) is 18.8. The molecule has 0 spiro atoms. The van der Waals surface area contributed by atoms with Gasteiger partial charge in [-0.25, -0.2) is 13.5 Å². The van der Waals surface area contributed by atoms with Crippen LogP contribution in [-0.2, 0) is 13.1 Å². The molecule has 6 nitrogen and oxygen atoms in total. The van der Waals surface area contributed by atoms with Gasteiger partial charge in [-0.3, -0.25) is 9.80 Å². The second kappa shape index (κ2) is 10.2. The van der Waals surface area contributed by atoms with Crippen molar-refractivity contribution in [2.75, 3.05) is 26.2 Å². The Kier molecular flexibility index (Phi) is 6.69. The van der Waals surface area contributed by atoms with Crippen molar-refractivity contribution in [3.63, 3.8) is 0 Å². The van der Waals surface area contributed by atoms with Crippen molar-refractivity contribution in [3.8, 4) is 0 Å². The minimum Gasteiger partial charge on any atom is -0.297 e. The van der Waals surface area contributed by atoms with Crippen molar-refractivity contribution in [2.24, 2.45) is 0 Å². The molecule has 0 N–H and O–H groups in total. The third-order valence-corrected chi connectivity index (χ3v) is 6.27. The molecule has 2 heterocycles. The van der Waals surface area contributed by atoms with Crippen molar-refractivity contribution < 1.29 is 8.78 Å². The van der Waals surface area contributed by atoms with E-state index >= 15 is 0 Å². The van der Waals surface area contributed by atoms with Crippen molar-refractivity contribution in [3.05, 3.63) is 113 Å². The molecule has 1 aliphatic heterocycles. The van der Waals surface area contributed by atoms with Gasteiger partial charge < -0.3 is 0 Å². The van der Waals surface area contributed by atoms with Crippen LogP contribution >= 0.6 is 0 Å². The Hall–Kier alpha value is -3.49. The van der Waals surface area contributed by atoms with Crippen LogP contribution in [0.4, 0.5) is 8.78 Å². The highest BCUT2D eigenvalue weighted by atomic mass is 19.1. The molecule has 174 valence electrons. The molecular formula is C26H26F2N6. The quantitative estimate of drug-likeness (QED) is 0.419. The summed E-state index contributed by atoms with van der Waals surface area (Å²) < 4.78 is 30.0. The van der Waals surface area contributed by atoms with E-state index in [9.17, 15) is 8.78 Å². The maximum absolute atomic E-state index is 15.0. The van der Waals surface area contributed by atoms with Crippen LogP contribution in [0.15, 0.2) is 78.9 Å². The minimum absolute atomic E-state index is 0.282. The number of benzene rings is 3. The van der Waals surface area contributed by atoms with Crippen LogP contribution in [0.2, 0.25) is 0 Å². The molecule has 0 saturated carbocycles. The Morgan fingerprint density at radius 2 is 1.41 bits per heavy atom. The predicted octanol–water partition coefficient (Wildman–Crippen LogP) is 3.91. The van der Waals surface area contributed by atoms with E-state index in [0.29, 0.717) is 17.9 Å². The van der Waals surface area contributed by atoms with Crippen LogP contribution in [0.1, 0.15) is 28.6 Å². The van der Waals surface area contributed by atoms with Gasteiger partial charge in [0.1, 0.15) is 17.7 Å². The molecule has 3 aromatic carbocycles. The van der Waals surface area contributed by atoms with Gasteiger partial charge in [0.15, 0.2) is 5.82 Å². The first kappa shape index (κ1) is 22.3. The van der Waals surface area contributed by atoms with E-state index in [1.165, 1.54) is 23.8 Å². The molecule has 0 amide bonds. The zero-order chi connectivity index (χ0) is 23.3. The minimum atomic E-state index is -0.421. The Morgan fingerprint density at radius 1 is 0.735 bits per heavy atom. The van der Waals surface area contributed by atoms with Gasteiger partial charge in [-0.05, 0) is 39.8 Å². The highest BCUT2D eigenvalue weighted by Crippen LogP contribution is 2.30. The van der Waals surface area contributed by atoms with Gasteiger partial charge in [0.25, 0.3) is 0 Å². The topological polar surface area (TPSA) is 50.1 Å². The van der Waals surface area contributed by atoms with E-state index < -0.39 is 6.04 Å². The van der Waals surface area contributed by atoms with Crippen LogP contribution in [0.3, 0.4) is 0 Å². The number of halogens is 2. The van der Waals surface area contributed by atoms with Gasteiger partial charge in [-0.15, -0.1) is 5.10 Å². The molecule has 1 aliphatic rings. The van der Waals surface area contributed by atoms with Crippen LogP contribution < -0.4 is 0 Å². The van der Waals surface area contributed by atoms with Crippen molar-refractivity contribution >= 4 is 0 Å². The molecule has 1 saturated heterocycles. The Labute approximate surface area is 197 Å². The number of hydrogen-bond acceptors (Lipinski definition) is 5. The number of piperazine rings is 1. The summed E-state index contributed by atoms with van der Waals surface area (Å²) in [4.78, 5) is 4.65. The Balaban J connectivity index is 1.39. The first-order valence-electron chi connectivity index (χ1n) is 11.4. The monoisotopic (exact) mass is 460 g/mol. The predicted molar refractivity (Wildman–Crippen MR) is 125 cm³/mol. The van der Waals surface area contributed by atoms with Crippen LogP contribution in [0.5, 0.6) is 0 Å². The van der Waals surface area contributed by atoms with E-state index in [2.05, 4.69) is 49.6 Å². The van der Waals surface area contributed by atoms with Gasteiger partial charge in [-0.1, -0.05) is 60.7 Å². The average molecular weight is 461 g/mol. The molecule has 4 aromatic rings. The summed E-state index contributed by atoms with van der Waals surface area (Å²) >= 11 is 0. The summed E-state index contributed by atoms with van der Waals surface area (Å²) in [6.07, 6.45) is 0. The molecule has 0 radical (unpaired) electrons. The summed E-state index contributed by atoms with van der Waals surface area (Å²) in [6, 6.07) is 23.0. The standard InChI is InChI=1S/C26H26F2N6/c27-22-12-10-21(11-13-22)19-34-26(29-30-31-34)25(23-8-4-5-9-24(23)28)33-16-14-32(15-17-33)18-20-6-2-1-3-7-20/h1-13,25H,14-19H2/t25-/m1/s1. The fourth-order valence-corrected chi connectivity index (χ4v) is 4.50. The number of hydrogen-bond donors (Lipinski definition) is 0. The first-order valence-corrected chi connectivity index (χ1v) is 11.4. The molecule has 5 rings (SSSR count). The maximum Gasteiger partial charge on any atom is 0.173 e. The third-order valence-electron chi connectivity index (χ3n) is 6.27. The molecular weight excluding hydrogens is 434 g/mol. The fraction of sp³-hybridized carbons (Fsp3) is 0.269. The maximum atomic E-state index is 15.0. The highest BCUT2D eigenvalue weighted by Gasteiger charge is 2.32. The Bertz CT molecular complexity index is 1200. The van der Waals surface area contributed by atoms with E-state index in [1.807, 2.05) is 12.1 Å². The van der Waals surface area contributed by atoms with Gasteiger partial charge in [-0.2, -0.15) is 0 Å². The molecule has 1 fully saturated rings. The van der Waals surface area contributed by atoms with Crippen LogP contribution in [0.25, 0.3) is 0 Å². The molecule has 1 aromatic heterocycles. The van der Waals surface area contributed by atoms with Crippen molar-refractivity contribution in [1.29, 1.82) is 0 Å². The van der Waals surface area contributed by atoms with Crippen LogP contribution in [-0.4, -0.2) is 56.2 Å². The largest absolute Gasteiger partial charge is 0.297 e. The number of tetrazole rings is 1. The molecule has 0 aliphatic carbocycles. The number of aromatic nitrogens is 4. The van der Waals surface area contributed by atoms with E-state index in [-0.39, 0.29) is 11.6 Å². The zero-order valence-electron chi connectivity index (χ0n) is 18.8. The third kappa shape index (κ3) is 5.03. The molecule has 0 bridgehead atoms. The van der Waals surface area contributed by atoms with Crippen molar-refractivity contribution in [1.82, 2.24) is 30.0 Å². The van der Waals surface area contributed by atoms with Gasteiger partial charge in [0.2, 0.25) is 0 Å². The van der Waals surface area contributed by atoms with Crippen molar-refractivity contribution in [2.45, 2.75) is 19.1 Å². The SMILES string of the molecule is Fc1ccc(Cn2nnnc2[C@@H](c2ccccc2F)N2CCN(Cc3ccccc3)CC2)cc1. The smallest absolute Gasteiger partial charge is 0.173 e. The lowest BCUT2D eigenvalue weighted by atomic mass is 10.0. The number of nitrogens with zero attached hydrogens (tertiary/aromatic N) is 6.